The molecule has 1 saturated heterocycles. The minimum atomic E-state index is -0.780. The summed E-state index contributed by atoms with van der Waals surface area (Å²) in [6, 6.07) is 18.4. The first kappa shape index (κ1) is 46.2. The summed E-state index contributed by atoms with van der Waals surface area (Å²) in [5.41, 5.74) is 4.55. The van der Waals surface area contributed by atoms with Crippen LogP contribution in [0.2, 0.25) is 5.02 Å². The van der Waals surface area contributed by atoms with E-state index in [1.807, 2.05) is 35.8 Å². The van der Waals surface area contributed by atoms with E-state index in [-0.39, 0.29) is 43.2 Å². The van der Waals surface area contributed by atoms with Crippen LogP contribution >= 0.6 is 22.9 Å². The standard InChI is InChI=1S/C47H49ClN8O9S/c1-27-28(2)66-47-42(27)43(31-5-7-32(48)8-6-31)51-38(44-54-53-30(4)56(44)47)26-41(58)50-33-9-11-34(12-10-33)64-23-21-62-19-17-61-18-20-63-22-24-65-35-13-14-36-37(25-35)49-29(3)55(46(36)60)39-15-16-40(57)52-45(39)59/h5-14,25,38-39H,15-24,26H2,1-4H3,(H,50,58)(H,52,57,59)/t38-,39?/m1/s1. The monoisotopic (exact) mass is 936 g/mol. The number of aryl methyl sites for hydroxylation is 3. The van der Waals surface area contributed by atoms with Crippen LogP contribution in [-0.2, 0) is 28.6 Å². The third kappa shape index (κ3) is 10.5. The Hall–Kier alpha value is -6.31. The number of aromatic nitrogens is 5. The number of thiophene rings is 1. The van der Waals surface area contributed by atoms with Gasteiger partial charge in [-0.1, -0.05) is 23.7 Å². The molecule has 0 saturated carbocycles. The van der Waals surface area contributed by atoms with E-state index in [4.69, 9.17) is 40.3 Å². The zero-order valence-electron chi connectivity index (χ0n) is 36.9. The predicted molar refractivity (Wildman–Crippen MR) is 249 cm³/mol. The predicted octanol–water partition coefficient (Wildman–Crippen LogP) is 6.33. The van der Waals surface area contributed by atoms with Gasteiger partial charge in [0.2, 0.25) is 17.7 Å². The lowest BCUT2D eigenvalue weighted by atomic mass is 9.99. The molecule has 3 aromatic heterocycles. The Balaban J connectivity index is 0.712. The number of rotatable bonds is 19. The molecule has 0 aliphatic carbocycles. The quantitative estimate of drug-likeness (QED) is 0.0677. The average molecular weight is 937 g/mol. The number of amides is 3. The first-order chi connectivity index (χ1) is 31.9. The number of piperidine rings is 1. The molecule has 0 spiro atoms. The van der Waals surface area contributed by atoms with Crippen molar-refractivity contribution in [1.82, 2.24) is 29.6 Å². The highest BCUT2D eigenvalue weighted by atomic mass is 35.5. The molecule has 17 nitrogen and oxygen atoms in total. The molecule has 2 aliphatic heterocycles. The first-order valence-corrected chi connectivity index (χ1v) is 22.8. The number of aliphatic imine (C=N–C) groups is 1. The molecular weight excluding hydrogens is 888 g/mol. The third-order valence-corrected chi connectivity index (χ3v) is 12.6. The summed E-state index contributed by atoms with van der Waals surface area (Å²) < 4.78 is 31.9. The second-order valence-corrected chi connectivity index (χ2v) is 17.3. The minimum Gasteiger partial charge on any atom is -0.491 e. The van der Waals surface area contributed by atoms with E-state index >= 15 is 0 Å². The minimum absolute atomic E-state index is 0.0564. The van der Waals surface area contributed by atoms with E-state index in [1.165, 1.54) is 9.44 Å². The lowest BCUT2D eigenvalue weighted by Gasteiger charge is -2.24. The zero-order valence-corrected chi connectivity index (χ0v) is 38.5. The summed E-state index contributed by atoms with van der Waals surface area (Å²) in [4.78, 5) is 61.6. The van der Waals surface area contributed by atoms with E-state index in [0.717, 1.165) is 33.2 Å². The Morgan fingerprint density at radius 1 is 0.818 bits per heavy atom. The fourth-order valence-electron chi connectivity index (χ4n) is 7.81. The summed E-state index contributed by atoms with van der Waals surface area (Å²) in [5.74, 6) is 1.82. The van der Waals surface area contributed by atoms with E-state index in [9.17, 15) is 19.2 Å². The van der Waals surface area contributed by atoms with E-state index in [1.54, 1.807) is 60.7 Å². The highest BCUT2D eigenvalue weighted by Gasteiger charge is 2.33. The number of nitrogens with one attached hydrogen (secondary N) is 2. The van der Waals surface area contributed by atoms with Crippen molar-refractivity contribution < 1.29 is 38.1 Å². The Kier molecular flexibility index (Phi) is 14.6. The van der Waals surface area contributed by atoms with E-state index in [2.05, 4.69) is 39.7 Å². The number of hydrogen-bond acceptors (Lipinski definition) is 14. The van der Waals surface area contributed by atoms with Crippen molar-refractivity contribution >= 4 is 63.0 Å². The Morgan fingerprint density at radius 2 is 1.47 bits per heavy atom. The second kappa shape index (κ2) is 20.9. The lowest BCUT2D eigenvalue weighted by Crippen LogP contribution is -2.45. The van der Waals surface area contributed by atoms with Gasteiger partial charge in [-0.2, -0.15) is 0 Å². The van der Waals surface area contributed by atoms with Gasteiger partial charge in [0.15, 0.2) is 5.82 Å². The molecule has 2 aliphatic rings. The topological polar surface area (TPSA) is 199 Å². The molecule has 2 atom stereocenters. The molecule has 344 valence electrons. The third-order valence-electron chi connectivity index (χ3n) is 11.2. The van der Waals surface area contributed by atoms with Gasteiger partial charge in [-0.05, 0) is 88.2 Å². The van der Waals surface area contributed by atoms with Crippen LogP contribution in [0.25, 0.3) is 15.9 Å². The van der Waals surface area contributed by atoms with Crippen molar-refractivity contribution in [2.75, 3.05) is 58.2 Å². The fourth-order valence-corrected chi connectivity index (χ4v) is 9.15. The number of hydrogen-bond donors (Lipinski definition) is 2. The number of carbonyl (C=O) groups is 3. The fraction of sp³-hybridized carbons (Fsp3) is 0.362. The van der Waals surface area contributed by atoms with Crippen LogP contribution < -0.4 is 25.7 Å². The molecule has 1 unspecified atom stereocenters. The molecule has 0 radical (unpaired) electrons. The van der Waals surface area contributed by atoms with Crippen LogP contribution in [0.15, 0.2) is 76.5 Å². The van der Waals surface area contributed by atoms with Gasteiger partial charge in [0.25, 0.3) is 5.56 Å². The van der Waals surface area contributed by atoms with Crippen LogP contribution in [0.3, 0.4) is 0 Å². The SMILES string of the molecule is Cc1sc2c(c1C)C(c1ccc(Cl)cc1)=N[C@H](CC(=O)Nc1ccc(OCCOCCOCCOCCOc3ccc4c(=O)n(C5CCC(=O)NC5=O)c(C)nc4c3)cc1)c1nnc(C)n1-2. The highest BCUT2D eigenvalue weighted by Crippen LogP contribution is 2.40. The highest BCUT2D eigenvalue weighted by molar-refractivity contribution is 7.15. The molecule has 1 fully saturated rings. The van der Waals surface area contributed by atoms with Crippen LogP contribution in [0.4, 0.5) is 5.69 Å². The largest absolute Gasteiger partial charge is 0.491 e. The molecule has 8 rings (SSSR count). The molecule has 19 heteroatoms. The summed E-state index contributed by atoms with van der Waals surface area (Å²) in [6.45, 7) is 10.6. The zero-order chi connectivity index (χ0) is 46.3. The number of carbonyl (C=O) groups excluding carboxylic acids is 3. The lowest BCUT2D eigenvalue weighted by molar-refractivity contribution is -0.135. The van der Waals surface area contributed by atoms with Crippen molar-refractivity contribution in [3.05, 3.63) is 121 Å². The van der Waals surface area contributed by atoms with Crippen LogP contribution in [0, 0.1) is 27.7 Å². The number of benzene rings is 3. The number of fused-ring (bicyclic) bond motifs is 4. The number of anilines is 1. The second-order valence-electron chi connectivity index (χ2n) is 15.7. The first-order valence-electron chi connectivity index (χ1n) is 21.6. The van der Waals surface area contributed by atoms with Gasteiger partial charge in [-0.25, -0.2) is 4.98 Å². The average Bonchev–Trinajstić information content (AvgIpc) is 3.77. The Morgan fingerprint density at radius 3 is 2.15 bits per heavy atom. The van der Waals surface area contributed by atoms with Crippen molar-refractivity contribution in [3.8, 4) is 16.5 Å². The molecule has 5 heterocycles. The van der Waals surface area contributed by atoms with Crippen molar-refractivity contribution in [3.63, 3.8) is 0 Å². The maximum atomic E-state index is 13.5. The van der Waals surface area contributed by atoms with Crippen molar-refractivity contribution in [2.45, 2.75) is 59.0 Å². The molecule has 0 bridgehead atoms. The number of imide groups is 1. The normalized spacial score (nSPS) is 15.7. The molecule has 3 amide bonds. The van der Waals surface area contributed by atoms with Gasteiger partial charge in [-0.15, -0.1) is 21.5 Å². The van der Waals surface area contributed by atoms with Gasteiger partial charge in [0.1, 0.15) is 53.4 Å². The summed E-state index contributed by atoms with van der Waals surface area (Å²) >= 11 is 7.90. The van der Waals surface area contributed by atoms with Gasteiger partial charge < -0.3 is 29.0 Å². The maximum absolute atomic E-state index is 13.5. The summed E-state index contributed by atoms with van der Waals surface area (Å²) in [7, 11) is 0. The molecule has 2 N–H and O–H groups in total. The summed E-state index contributed by atoms with van der Waals surface area (Å²) in [5, 5.41) is 16.1. The van der Waals surface area contributed by atoms with Gasteiger partial charge >= 0.3 is 0 Å². The maximum Gasteiger partial charge on any atom is 0.262 e. The number of ether oxygens (including phenoxy) is 5. The number of halogens is 1. The van der Waals surface area contributed by atoms with Crippen LogP contribution in [-0.4, -0.2) is 101 Å². The number of nitrogens with zero attached hydrogens (tertiary/aromatic N) is 6. The van der Waals surface area contributed by atoms with Crippen LogP contribution in [0.5, 0.6) is 11.5 Å². The Labute approximate surface area is 389 Å². The molecule has 66 heavy (non-hydrogen) atoms. The van der Waals surface area contributed by atoms with Gasteiger partial charge in [0.05, 0.1) is 62.7 Å². The van der Waals surface area contributed by atoms with E-state index in [0.29, 0.717) is 91.0 Å². The molecule has 3 aromatic carbocycles. The smallest absolute Gasteiger partial charge is 0.262 e. The Bertz CT molecular complexity index is 2840. The molecule has 6 aromatic rings. The molecular formula is C47H49ClN8O9S. The van der Waals surface area contributed by atoms with Gasteiger partial charge in [0, 0.05) is 39.2 Å². The van der Waals surface area contributed by atoms with Crippen LogP contribution in [0.1, 0.15) is 70.4 Å². The van der Waals surface area contributed by atoms with Crippen molar-refractivity contribution in [1.29, 1.82) is 0 Å². The summed E-state index contributed by atoms with van der Waals surface area (Å²) in [6.07, 6.45) is 0.466. The van der Waals surface area contributed by atoms with Crippen molar-refractivity contribution in [2.24, 2.45) is 4.99 Å². The van der Waals surface area contributed by atoms with E-state index < -0.39 is 18.0 Å². The van der Waals surface area contributed by atoms with Gasteiger partial charge in [-0.3, -0.25) is 38.6 Å².